The van der Waals surface area contributed by atoms with E-state index in [1.54, 1.807) is 0 Å². The second kappa shape index (κ2) is 5.37. The van der Waals surface area contributed by atoms with Gasteiger partial charge in [0.2, 0.25) is 0 Å². The van der Waals surface area contributed by atoms with Gasteiger partial charge in [-0.2, -0.15) is 0 Å². The molecule has 1 N–H and O–H groups in total. The molecule has 0 amide bonds. The predicted octanol–water partition coefficient (Wildman–Crippen LogP) is 2.58. The largest absolute Gasteiger partial charge is 0.396 e. The summed E-state index contributed by atoms with van der Waals surface area (Å²) in [7, 11) is 2.03. The number of benzene rings is 1. The first-order valence-corrected chi connectivity index (χ1v) is 5.52. The van der Waals surface area contributed by atoms with E-state index in [0.717, 1.165) is 17.4 Å². The summed E-state index contributed by atoms with van der Waals surface area (Å²) in [6.07, 6.45) is 0.808. The van der Waals surface area contributed by atoms with E-state index in [1.165, 1.54) is 11.3 Å². The van der Waals surface area contributed by atoms with E-state index in [-0.39, 0.29) is 6.61 Å². The molecule has 0 unspecified atom stereocenters. The molecule has 0 aromatic heterocycles. The fourth-order valence-corrected chi connectivity index (χ4v) is 1.62. The zero-order valence-electron chi connectivity index (χ0n) is 8.63. The zero-order chi connectivity index (χ0) is 10.6. The van der Waals surface area contributed by atoms with Crippen molar-refractivity contribution < 1.29 is 5.11 Å². The number of hydrogen-bond donors (Lipinski definition) is 1. The maximum Gasteiger partial charge on any atom is 0.0447 e. The molecule has 1 aromatic rings. The van der Waals surface area contributed by atoms with E-state index in [0.29, 0.717) is 0 Å². The minimum Gasteiger partial charge on any atom is -0.396 e. The topological polar surface area (TPSA) is 23.5 Å². The lowest BCUT2D eigenvalue weighted by molar-refractivity contribution is 0.290. The molecule has 0 spiro atoms. The summed E-state index contributed by atoms with van der Waals surface area (Å²) in [6.45, 7) is 3.20. The van der Waals surface area contributed by atoms with Crippen LogP contribution in [0, 0.1) is 6.92 Å². The van der Waals surface area contributed by atoms with Gasteiger partial charge >= 0.3 is 0 Å². The van der Waals surface area contributed by atoms with Crippen LogP contribution in [0.15, 0.2) is 22.7 Å². The molecule has 2 nitrogen and oxygen atoms in total. The second-order valence-corrected chi connectivity index (χ2v) is 4.29. The number of halogens is 1. The Kier molecular flexibility index (Phi) is 4.42. The fourth-order valence-electron chi connectivity index (χ4n) is 1.26. The third kappa shape index (κ3) is 3.00. The molecule has 0 aliphatic carbocycles. The zero-order valence-corrected chi connectivity index (χ0v) is 10.2. The van der Waals surface area contributed by atoms with E-state index in [4.69, 9.17) is 5.11 Å². The van der Waals surface area contributed by atoms with Gasteiger partial charge < -0.3 is 10.0 Å². The summed E-state index contributed by atoms with van der Waals surface area (Å²) < 4.78 is 1.13. The van der Waals surface area contributed by atoms with E-state index in [2.05, 4.69) is 46.0 Å². The summed E-state index contributed by atoms with van der Waals surface area (Å²) in [4.78, 5) is 2.14. The van der Waals surface area contributed by atoms with Gasteiger partial charge in [-0.15, -0.1) is 0 Å². The predicted molar refractivity (Wildman–Crippen MR) is 63.9 cm³/mol. The number of anilines is 1. The Morgan fingerprint density at radius 2 is 2.14 bits per heavy atom. The molecule has 0 aliphatic heterocycles. The molecule has 0 bridgehead atoms. The quantitative estimate of drug-likeness (QED) is 0.897. The highest BCUT2D eigenvalue weighted by molar-refractivity contribution is 9.10. The Morgan fingerprint density at radius 1 is 1.43 bits per heavy atom. The van der Waals surface area contributed by atoms with E-state index in [1.807, 2.05) is 7.05 Å². The minimum atomic E-state index is 0.247. The van der Waals surface area contributed by atoms with Crippen LogP contribution in [0.5, 0.6) is 0 Å². The lowest BCUT2D eigenvalue weighted by Gasteiger charge is -2.19. The van der Waals surface area contributed by atoms with Gasteiger partial charge in [0.15, 0.2) is 0 Å². The van der Waals surface area contributed by atoms with Crippen molar-refractivity contribution in [1.29, 1.82) is 0 Å². The van der Waals surface area contributed by atoms with Crippen LogP contribution in [0.1, 0.15) is 12.0 Å². The molecule has 0 fully saturated rings. The van der Waals surface area contributed by atoms with Crippen molar-refractivity contribution in [2.75, 3.05) is 25.1 Å². The highest BCUT2D eigenvalue weighted by Gasteiger charge is 2.02. The van der Waals surface area contributed by atoms with Gasteiger partial charge in [-0.05, 0) is 31.0 Å². The Labute approximate surface area is 93.7 Å². The third-order valence-corrected chi connectivity index (χ3v) is 3.10. The molecule has 0 aliphatic rings. The maximum atomic E-state index is 8.72. The van der Waals surface area contributed by atoms with E-state index < -0.39 is 0 Å². The second-order valence-electron chi connectivity index (χ2n) is 3.43. The number of aryl methyl sites for hydroxylation is 1. The highest BCUT2D eigenvalue weighted by Crippen LogP contribution is 2.22. The molecule has 3 heteroatoms. The van der Waals surface area contributed by atoms with Gasteiger partial charge in [-0.3, -0.25) is 0 Å². The van der Waals surface area contributed by atoms with Gasteiger partial charge in [0, 0.05) is 30.4 Å². The van der Waals surface area contributed by atoms with Crippen molar-refractivity contribution in [3.63, 3.8) is 0 Å². The van der Waals surface area contributed by atoms with Crippen LogP contribution in [0.3, 0.4) is 0 Å². The standard InChI is InChI=1S/C11H16BrNO/c1-9-4-5-10(8-11(9)12)13(2)6-3-7-14/h4-5,8,14H,3,6-7H2,1-2H3. The van der Waals surface area contributed by atoms with Gasteiger partial charge in [0.05, 0.1) is 0 Å². The lowest BCUT2D eigenvalue weighted by atomic mass is 10.2. The number of nitrogens with zero attached hydrogens (tertiary/aromatic N) is 1. The van der Waals surface area contributed by atoms with Crippen molar-refractivity contribution in [2.45, 2.75) is 13.3 Å². The average Bonchev–Trinajstić information content (AvgIpc) is 2.18. The first-order valence-electron chi connectivity index (χ1n) is 4.73. The summed E-state index contributed by atoms with van der Waals surface area (Å²) >= 11 is 3.51. The van der Waals surface area contributed by atoms with Crippen LogP contribution < -0.4 is 4.90 Å². The van der Waals surface area contributed by atoms with Crippen molar-refractivity contribution in [3.8, 4) is 0 Å². The summed E-state index contributed by atoms with van der Waals surface area (Å²) in [5.74, 6) is 0. The smallest absolute Gasteiger partial charge is 0.0447 e. The Hall–Kier alpha value is -0.540. The number of hydrogen-bond acceptors (Lipinski definition) is 2. The Morgan fingerprint density at radius 3 is 2.71 bits per heavy atom. The number of aliphatic hydroxyl groups excluding tert-OH is 1. The molecule has 0 radical (unpaired) electrons. The molecule has 14 heavy (non-hydrogen) atoms. The summed E-state index contributed by atoms with van der Waals surface area (Å²) in [5, 5.41) is 8.72. The van der Waals surface area contributed by atoms with Crippen LogP contribution >= 0.6 is 15.9 Å². The molecule has 0 atom stereocenters. The summed E-state index contributed by atoms with van der Waals surface area (Å²) in [6, 6.07) is 6.29. The van der Waals surface area contributed by atoms with Gasteiger partial charge in [-0.1, -0.05) is 22.0 Å². The normalized spacial score (nSPS) is 10.3. The minimum absolute atomic E-state index is 0.247. The van der Waals surface area contributed by atoms with Crippen molar-refractivity contribution in [1.82, 2.24) is 0 Å². The molecule has 0 saturated carbocycles. The third-order valence-electron chi connectivity index (χ3n) is 2.25. The first-order chi connectivity index (χ1) is 6.65. The fraction of sp³-hybridized carbons (Fsp3) is 0.455. The molecule has 0 saturated heterocycles. The van der Waals surface area contributed by atoms with Gasteiger partial charge in [-0.25, -0.2) is 0 Å². The van der Waals surface area contributed by atoms with Crippen LogP contribution in [0.25, 0.3) is 0 Å². The summed E-state index contributed by atoms with van der Waals surface area (Å²) in [5.41, 5.74) is 2.42. The average molecular weight is 258 g/mol. The van der Waals surface area contributed by atoms with Crippen LogP contribution in [0.4, 0.5) is 5.69 Å². The van der Waals surface area contributed by atoms with Gasteiger partial charge in [0.1, 0.15) is 0 Å². The number of rotatable bonds is 4. The van der Waals surface area contributed by atoms with E-state index >= 15 is 0 Å². The monoisotopic (exact) mass is 257 g/mol. The molecule has 1 rings (SSSR count). The SMILES string of the molecule is Cc1ccc(N(C)CCCO)cc1Br. The highest BCUT2D eigenvalue weighted by atomic mass is 79.9. The molecule has 0 heterocycles. The van der Waals surface area contributed by atoms with Crippen LogP contribution in [-0.4, -0.2) is 25.3 Å². The first kappa shape index (κ1) is 11.5. The molecular formula is C11H16BrNO. The lowest BCUT2D eigenvalue weighted by Crippen LogP contribution is -2.19. The van der Waals surface area contributed by atoms with Crippen LogP contribution in [-0.2, 0) is 0 Å². The van der Waals surface area contributed by atoms with E-state index in [9.17, 15) is 0 Å². The van der Waals surface area contributed by atoms with Crippen LogP contribution in [0.2, 0.25) is 0 Å². The Bertz CT molecular complexity index is 301. The van der Waals surface area contributed by atoms with Gasteiger partial charge in [0.25, 0.3) is 0 Å². The van der Waals surface area contributed by atoms with Crippen molar-refractivity contribution >= 4 is 21.6 Å². The molecule has 1 aromatic carbocycles. The molecule has 78 valence electrons. The maximum absolute atomic E-state index is 8.72. The molecular weight excluding hydrogens is 242 g/mol. The van der Waals surface area contributed by atoms with Crippen molar-refractivity contribution in [3.05, 3.63) is 28.2 Å². The Balaban J connectivity index is 2.70. The van der Waals surface area contributed by atoms with Crippen molar-refractivity contribution in [2.24, 2.45) is 0 Å². The number of aliphatic hydroxyl groups is 1.